The van der Waals surface area contributed by atoms with Crippen LogP contribution in [0.15, 0.2) is 29.3 Å². The molecule has 136 valence electrons. The summed E-state index contributed by atoms with van der Waals surface area (Å²) in [6, 6.07) is 8.72. The van der Waals surface area contributed by atoms with Crippen LogP contribution in [-0.4, -0.2) is 41.3 Å². The Morgan fingerprint density at radius 3 is 2.84 bits per heavy atom. The summed E-state index contributed by atoms with van der Waals surface area (Å²) >= 11 is 1.78. The number of nitrogens with one attached hydrogen (secondary N) is 2. The summed E-state index contributed by atoms with van der Waals surface area (Å²) in [5, 5.41) is 17.6. The molecule has 1 aliphatic carbocycles. The van der Waals surface area contributed by atoms with Gasteiger partial charge in [0.2, 0.25) is 0 Å². The first-order valence-corrected chi connectivity index (χ1v) is 10.1. The molecule has 3 rings (SSSR count). The van der Waals surface area contributed by atoms with Crippen molar-refractivity contribution in [2.75, 3.05) is 13.1 Å². The van der Waals surface area contributed by atoms with Crippen molar-refractivity contribution in [3.8, 4) is 0 Å². The first-order chi connectivity index (χ1) is 12.2. The zero-order valence-electron chi connectivity index (χ0n) is 14.9. The lowest BCUT2D eigenvalue weighted by Gasteiger charge is -2.27. The molecular formula is C19H28N4OS. The Morgan fingerprint density at radius 2 is 2.08 bits per heavy atom. The number of fused-ring (bicyclic) bond motifs is 1. The molecule has 0 atom stereocenters. The van der Waals surface area contributed by atoms with Gasteiger partial charge in [0.05, 0.1) is 21.3 Å². The summed E-state index contributed by atoms with van der Waals surface area (Å²) in [6.45, 7) is 3.74. The average molecular weight is 361 g/mol. The molecule has 25 heavy (non-hydrogen) atoms. The Kier molecular flexibility index (Phi) is 6.64. The van der Waals surface area contributed by atoms with Gasteiger partial charge in [-0.3, -0.25) is 4.99 Å². The molecule has 1 aromatic carbocycles. The highest BCUT2D eigenvalue weighted by Crippen LogP contribution is 2.22. The number of rotatable bonds is 6. The van der Waals surface area contributed by atoms with Gasteiger partial charge in [0.25, 0.3) is 0 Å². The summed E-state index contributed by atoms with van der Waals surface area (Å²) in [5.74, 6) is 0.896. The van der Waals surface area contributed by atoms with Crippen LogP contribution in [0, 0.1) is 0 Å². The second-order valence-corrected chi connectivity index (χ2v) is 7.70. The summed E-state index contributed by atoms with van der Waals surface area (Å²) in [4.78, 5) is 9.39. The molecule has 5 nitrogen and oxygen atoms in total. The molecule has 0 aliphatic heterocycles. The standard InChI is InChI=1S/C19H28N4OS/c1-2-20-19(22-14-9-11-15(24)12-10-14)21-13-5-8-18-23-16-6-3-4-7-17(16)25-18/h3-4,6-7,14-15,24H,2,5,8-13H2,1H3,(H2,20,21,22). The lowest BCUT2D eigenvalue weighted by Crippen LogP contribution is -2.45. The van der Waals surface area contributed by atoms with Crippen molar-refractivity contribution in [1.29, 1.82) is 0 Å². The van der Waals surface area contributed by atoms with Crippen LogP contribution >= 0.6 is 11.3 Å². The van der Waals surface area contributed by atoms with Gasteiger partial charge in [-0.15, -0.1) is 11.3 Å². The number of thiazole rings is 1. The summed E-state index contributed by atoms with van der Waals surface area (Å²) < 4.78 is 1.26. The number of aliphatic imine (C=N–C) groups is 1. The SMILES string of the molecule is CCNC(=NCCCc1nc2ccccc2s1)NC1CCC(O)CC1. The molecule has 3 N–H and O–H groups in total. The van der Waals surface area contributed by atoms with Crippen LogP contribution in [0.2, 0.25) is 0 Å². The van der Waals surface area contributed by atoms with Crippen molar-refractivity contribution >= 4 is 27.5 Å². The number of hydrogen-bond acceptors (Lipinski definition) is 4. The van der Waals surface area contributed by atoms with E-state index in [0.717, 1.165) is 63.1 Å². The van der Waals surface area contributed by atoms with Crippen molar-refractivity contribution < 1.29 is 5.11 Å². The van der Waals surface area contributed by atoms with Crippen molar-refractivity contribution in [3.05, 3.63) is 29.3 Å². The first-order valence-electron chi connectivity index (χ1n) is 9.32. The maximum atomic E-state index is 9.62. The number of benzene rings is 1. The van der Waals surface area contributed by atoms with Gasteiger partial charge in [-0.25, -0.2) is 4.98 Å². The van der Waals surface area contributed by atoms with Gasteiger partial charge < -0.3 is 15.7 Å². The highest BCUT2D eigenvalue weighted by Gasteiger charge is 2.19. The number of aliphatic hydroxyl groups excluding tert-OH is 1. The number of aromatic nitrogens is 1. The van der Waals surface area contributed by atoms with Crippen LogP contribution < -0.4 is 10.6 Å². The molecule has 1 saturated carbocycles. The minimum Gasteiger partial charge on any atom is -0.393 e. The molecule has 0 amide bonds. The molecular weight excluding hydrogens is 332 g/mol. The number of guanidine groups is 1. The Hall–Kier alpha value is -1.66. The third-order valence-electron chi connectivity index (χ3n) is 4.54. The summed E-state index contributed by atoms with van der Waals surface area (Å²) in [6.07, 6.45) is 5.64. The Balaban J connectivity index is 1.47. The van der Waals surface area contributed by atoms with Crippen molar-refractivity contribution in [3.63, 3.8) is 0 Å². The van der Waals surface area contributed by atoms with E-state index < -0.39 is 0 Å². The zero-order valence-corrected chi connectivity index (χ0v) is 15.7. The van der Waals surface area contributed by atoms with E-state index in [4.69, 9.17) is 4.99 Å². The molecule has 0 unspecified atom stereocenters. The summed E-state index contributed by atoms with van der Waals surface area (Å²) in [7, 11) is 0. The minimum absolute atomic E-state index is 0.119. The molecule has 0 spiro atoms. The maximum Gasteiger partial charge on any atom is 0.191 e. The highest BCUT2D eigenvalue weighted by atomic mass is 32.1. The molecule has 0 radical (unpaired) electrons. The van der Waals surface area contributed by atoms with E-state index in [9.17, 15) is 5.11 Å². The van der Waals surface area contributed by atoms with Gasteiger partial charge in [-0.1, -0.05) is 12.1 Å². The van der Waals surface area contributed by atoms with Crippen LogP contribution in [0.1, 0.15) is 44.0 Å². The predicted molar refractivity (Wildman–Crippen MR) is 105 cm³/mol. The fourth-order valence-corrected chi connectivity index (χ4v) is 4.19. The fourth-order valence-electron chi connectivity index (χ4n) is 3.18. The number of hydrogen-bond donors (Lipinski definition) is 3. The van der Waals surface area contributed by atoms with Crippen molar-refractivity contribution in [2.45, 2.75) is 57.6 Å². The van der Waals surface area contributed by atoms with E-state index >= 15 is 0 Å². The first kappa shape index (κ1) is 18.1. The predicted octanol–water partition coefficient (Wildman–Crippen LogP) is 3.09. The molecule has 2 aromatic rings. The molecule has 1 heterocycles. The van der Waals surface area contributed by atoms with Gasteiger partial charge in [0.1, 0.15) is 0 Å². The van der Waals surface area contributed by atoms with Crippen LogP contribution in [0.25, 0.3) is 10.2 Å². The quantitative estimate of drug-likeness (QED) is 0.421. The van der Waals surface area contributed by atoms with Gasteiger partial charge in [0, 0.05) is 25.6 Å². The highest BCUT2D eigenvalue weighted by molar-refractivity contribution is 7.18. The summed E-state index contributed by atoms with van der Waals surface area (Å²) in [5.41, 5.74) is 1.10. The van der Waals surface area contributed by atoms with Gasteiger partial charge >= 0.3 is 0 Å². The maximum absolute atomic E-state index is 9.62. The number of nitrogens with zero attached hydrogens (tertiary/aromatic N) is 2. The third-order valence-corrected chi connectivity index (χ3v) is 5.63. The van der Waals surface area contributed by atoms with Gasteiger partial charge in [-0.05, 0) is 51.2 Å². The number of para-hydroxylation sites is 1. The van der Waals surface area contributed by atoms with Gasteiger partial charge in [-0.2, -0.15) is 0 Å². The lowest BCUT2D eigenvalue weighted by molar-refractivity contribution is 0.120. The Labute approximate surface area is 153 Å². The monoisotopic (exact) mass is 360 g/mol. The van der Waals surface area contributed by atoms with E-state index in [1.165, 1.54) is 9.71 Å². The van der Waals surface area contributed by atoms with E-state index in [1.807, 2.05) is 6.07 Å². The van der Waals surface area contributed by atoms with Crippen LogP contribution in [0.4, 0.5) is 0 Å². The van der Waals surface area contributed by atoms with E-state index in [2.05, 4.69) is 40.7 Å². The van der Waals surface area contributed by atoms with Gasteiger partial charge in [0.15, 0.2) is 5.96 Å². The van der Waals surface area contributed by atoms with Crippen LogP contribution in [0.5, 0.6) is 0 Å². The van der Waals surface area contributed by atoms with E-state index in [-0.39, 0.29) is 6.10 Å². The normalized spacial score (nSPS) is 21.4. The second kappa shape index (κ2) is 9.15. The Bertz CT molecular complexity index is 659. The number of aliphatic hydroxyl groups is 1. The molecule has 0 bridgehead atoms. The second-order valence-electron chi connectivity index (χ2n) is 6.59. The largest absolute Gasteiger partial charge is 0.393 e. The van der Waals surface area contributed by atoms with E-state index in [0.29, 0.717) is 6.04 Å². The molecule has 6 heteroatoms. The lowest BCUT2D eigenvalue weighted by atomic mass is 9.93. The number of aryl methyl sites for hydroxylation is 1. The van der Waals surface area contributed by atoms with E-state index in [1.54, 1.807) is 11.3 Å². The molecule has 1 aromatic heterocycles. The molecule has 1 fully saturated rings. The topological polar surface area (TPSA) is 69.5 Å². The third kappa shape index (κ3) is 5.41. The molecule has 0 saturated heterocycles. The van der Waals surface area contributed by atoms with Crippen LogP contribution in [-0.2, 0) is 6.42 Å². The van der Waals surface area contributed by atoms with Crippen molar-refractivity contribution in [2.24, 2.45) is 4.99 Å². The minimum atomic E-state index is -0.119. The average Bonchev–Trinajstić information content (AvgIpc) is 3.03. The van der Waals surface area contributed by atoms with Crippen LogP contribution in [0.3, 0.4) is 0 Å². The van der Waals surface area contributed by atoms with Crippen molar-refractivity contribution in [1.82, 2.24) is 15.6 Å². The zero-order chi connectivity index (χ0) is 17.5. The Morgan fingerprint density at radius 1 is 1.28 bits per heavy atom. The molecule has 1 aliphatic rings. The smallest absolute Gasteiger partial charge is 0.191 e. The fraction of sp³-hybridized carbons (Fsp3) is 0.579.